The molecular weight excluding hydrogens is 370 g/mol. The second-order valence-corrected chi connectivity index (χ2v) is 7.82. The van der Waals surface area contributed by atoms with Crippen LogP contribution >= 0.6 is 11.6 Å². The fraction of sp³-hybridized carbons (Fsp3) is 0.304. The zero-order chi connectivity index (χ0) is 19.5. The van der Waals surface area contributed by atoms with Crippen LogP contribution in [0.1, 0.15) is 28.8 Å². The highest BCUT2D eigenvalue weighted by Crippen LogP contribution is 2.27. The molecule has 1 aliphatic heterocycles. The molecule has 28 heavy (non-hydrogen) atoms. The number of nitrogens with zero attached hydrogens (tertiary/aromatic N) is 2. The highest BCUT2D eigenvalue weighted by atomic mass is 35.5. The Morgan fingerprint density at radius 2 is 1.86 bits per heavy atom. The first-order chi connectivity index (χ1) is 13.6. The van der Waals surface area contributed by atoms with E-state index >= 15 is 0 Å². The third-order valence-corrected chi connectivity index (χ3v) is 5.51. The van der Waals surface area contributed by atoms with Crippen molar-refractivity contribution < 1.29 is 4.79 Å². The molecule has 1 saturated heterocycles. The number of amides is 1. The maximum atomic E-state index is 13.0. The van der Waals surface area contributed by atoms with E-state index in [2.05, 4.69) is 29.3 Å². The molecule has 2 aromatic carbocycles. The Labute approximate surface area is 170 Å². The molecule has 3 aromatic rings. The van der Waals surface area contributed by atoms with Gasteiger partial charge in [0.1, 0.15) is 0 Å². The van der Waals surface area contributed by atoms with Gasteiger partial charge < -0.3 is 10.2 Å². The highest BCUT2D eigenvalue weighted by molar-refractivity contribution is 6.31. The average Bonchev–Trinajstić information content (AvgIpc) is 3.21. The van der Waals surface area contributed by atoms with Gasteiger partial charge in [0.05, 0.1) is 16.8 Å². The van der Waals surface area contributed by atoms with Gasteiger partial charge in [-0.05, 0) is 57.1 Å². The Hall–Kier alpha value is -2.43. The summed E-state index contributed by atoms with van der Waals surface area (Å²) in [5.74, 6) is -0.0813. The lowest BCUT2D eigenvalue weighted by Crippen LogP contribution is -2.33. The summed E-state index contributed by atoms with van der Waals surface area (Å²) in [6, 6.07) is 15.6. The number of rotatable bonds is 5. The van der Waals surface area contributed by atoms with E-state index in [9.17, 15) is 4.79 Å². The zero-order valence-electron chi connectivity index (χ0n) is 16.0. The zero-order valence-corrected chi connectivity index (χ0v) is 16.8. The quantitative estimate of drug-likeness (QED) is 0.684. The monoisotopic (exact) mass is 393 g/mol. The van der Waals surface area contributed by atoms with E-state index in [1.807, 2.05) is 36.4 Å². The second kappa shape index (κ2) is 8.29. The summed E-state index contributed by atoms with van der Waals surface area (Å²) in [5, 5.41) is 4.45. The van der Waals surface area contributed by atoms with E-state index in [0.717, 1.165) is 41.8 Å². The summed E-state index contributed by atoms with van der Waals surface area (Å²) in [6.07, 6.45) is 2.50. The van der Waals surface area contributed by atoms with Crippen LogP contribution < -0.4 is 5.32 Å². The van der Waals surface area contributed by atoms with Gasteiger partial charge in [0, 0.05) is 29.1 Å². The molecule has 1 aliphatic rings. The SMILES string of the molecule is Cc1ccc(-c2cc(C(=O)NCCN3CCCC3)c3cc(Cl)ccc3n2)cc1. The molecule has 0 unspecified atom stereocenters. The van der Waals surface area contributed by atoms with Gasteiger partial charge in [0.15, 0.2) is 0 Å². The smallest absolute Gasteiger partial charge is 0.252 e. The lowest BCUT2D eigenvalue weighted by atomic mass is 10.0. The van der Waals surface area contributed by atoms with Crippen molar-refractivity contribution in [1.82, 2.24) is 15.2 Å². The molecule has 1 N–H and O–H groups in total. The number of carbonyl (C=O) groups is 1. The minimum Gasteiger partial charge on any atom is -0.351 e. The van der Waals surface area contributed by atoms with Gasteiger partial charge in [0.25, 0.3) is 5.91 Å². The largest absolute Gasteiger partial charge is 0.351 e. The van der Waals surface area contributed by atoms with Crippen LogP contribution in [0.5, 0.6) is 0 Å². The van der Waals surface area contributed by atoms with Crippen molar-refractivity contribution in [3.63, 3.8) is 0 Å². The van der Waals surface area contributed by atoms with Crippen molar-refractivity contribution in [3.05, 3.63) is 64.7 Å². The van der Waals surface area contributed by atoms with Gasteiger partial charge in [0.2, 0.25) is 0 Å². The molecular formula is C23H24ClN3O. The molecule has 0 radical (unpaired) electrons. The van der Waals surface area contributed by atoms with Crippen molar-refractivity contribution in [2.75, 3.05) is 26.2 Å². The van der Waals surface area contributed by atoms with Crippen molar-refractivity contribution >= 4 is 28.4 Å². The van der Waals surface area contributed by atoms with E-state index in [0.29, 0.717) is 17.1 Å². The number of benzene rings is 2. The van der Waals surface area contributed by atoms with E-state index < -0.39 is 0 Å². The fourth-order valence-corrected chi connectivity index (χ4v) is 3.86. The summed E-state index contributed by atoms with van der Waals surface area (Å²) in [4.78, 5) is 20.1. The van der Waals surface area contributed by atoms with E-state index in [4.69, 9.17) is 16.6 Å². The average molecular weight is 394 g/mol. The standard InChI is InChI=1S/C23H24ClN3O/c1-16-4-6-17(7-5-16)22-15-20(19-14-18(24)8-9-21(19)26-22)23(28)25-10-13-27-11-2-3-12-27/h4-9,14-15H,2-3,10-13H2,1H3,(H,25,28). The van der Waals surface area contributed by atoms with Gasteiger partial charge in [-0.2, -0.15) is 0 Å². The molecule has 1 fully saturated rings. The number of hydrogen-bond donors (Lipinski definition) is 1. The van der Waals surface area contributed by atoms with Crippen molar-refractivity contribution in [2.45, 2.75) is 19.8 Å². The van der Waals surface area contributed by atoms with Crippen molar-refractivity contribution in [2.24, 2.45) is 0 Å². The number of likely N-dealkylation sites (tertiary alicyclic amines) is 1. The van der Waals surface area contributed by atoms with Crippen LogP contribution in [-0.4, -0.2) is 42.0 Å². The van der Waals surface area contributed by atoms with Crippen molar-refractivity contribution in [3.8, 4) is 11.3 Å². The number of fused-ring (bicyclic) bond motifs is 1. The van der Waals surface area contributed by atoms with Gasteiger partial charge in [-0.25, -0.2) is 4.98 Å². The predicted molar refractivity (Wildman–Crippen MR) is 115 cm³/mol. The molecule has 1 aromatic heterocycles. The molecule has 0 atom stereocenters. The molecule has 1 amide bonds. The van der Waals surface area contributed by atoms with E-state index in [-0.39, 0.29) is 5.91 Å². The first kappa shape index (κ1) is 18.9. The second-order valence-electron chi connectivity index (χ2n) is 7.39. The normalized spacial score (nSPS) is 14.5. The molecule has 144 valence electrons. The van der Waals surface area contributed by atoms with Crippen molar-refractivity contribution in [1.29, 1.82) is 0 Å². The van der Waals surface area contributed by atoms with Crippen LogP contribution in [0.25, 0.3) is 22.2 Å². The van der Waals surface area contributed by atoms with Gasteiger partial charge in [-0.3, -0.25) is 4.79 Å². The van der Waals surface area contributed by atoms with Crippen LogP contribution in [0, 0.1) is 6.92 Å². The van der Waals surface area contributed by atoms with Gasteiger partial charge >= 0.3 is 0 Å². The third-order valence-electron chi connectivity index (χ3n) is 5.27. The van der Waals surface area contributed by atoms with Crippen LogP contribution in [0.15, 0.2) is 48.5 Å². The number of halogens is 1. The molecule has 0 aliphatic carbocycles. The van der Waals surface area contributed by atoms with Crippen LogP contribution in [-0.2, 0) is 0 Å². The Bertz CT molecular complexity index is 995. The van der Waals surface area contributed by atoms with Crippen LogP contribution in [0.4, 0.5) is 0 Å². The number of carbonyl (C=O) groups excluding carboxylic acids is 1. The van der Waals surface area contributed by atoms with Gasteiger partial charge in [-0.1, -0.05) is 41.4 Å². The number of nitrogens with one attached hydrogen (secondary N) is 1. The molecule has 5 heteroatoms. The lowest BCUT2D eigenvalue weighted by molar-refractivity contribution is 0.0951. The Kier molecular flexibility index (Phi) is 5.60. The summed E-state index contributed by atoms with van der Waals surface area (Å²) < 4.78 is 0. The number of aromatic nitrogens is 1. The van der Waals surface area contributed by atoms with Crippen LogP contribution in [0.2, 0.25) is 5.02 Å². The molecule has 0 saturated carbocycles. The fourth-order valence-electron chi connectivity index (χ4n) is 3.69. The highest BCUT2D eigenvalue weighted by Gasteiger charge is 2.16. The molecule has 4 nitrogen and oxygen atoms in total. The molecule has 0 spiro atoms. The molecule has 2 heterocycles. The maximum Gasteiger partial charge on any atom is 0.252 e. The summed E-state index contributed by atoms with van der Waals surface area (Å²) in [6.45, 7) is 5.84. The summed E-state index contributed by atoms with van der Waals surface area (Å²) >= 11 is 6.19. The number of hydrogen-bond acceptors (Lipinski definition) is 3. The Morgan fingerprint density at radius 1 is 1.11 bits per heavy atom. The van der Waals surface area contributed by atoms with Crippen LogP contribution in [0.3, 0.4) is 0 Å². The topological polar surface area (TPSA) is 45.2 Å². The lowest BCUT2D eigenvalue weighted by Gasteiger charge is -2.15. The van der Waals surface area contributed by atoms with Gasteiger partial charge in [-0.15, -0.1) is 0 Å². The summed E-state index contributed by atoms with van der Waals surface area (Å²) in [5.41, 5.74) is 4.36. The Balaban J connectivity index is 1.65. The minimum absolute atomic E-state index is 0.0813. The first-order valence-corrected chi connectivity index (χ1v) is 10.2. The van der Waals surface area contributed by atoms with E-state index in [1.54, 1.807) is 0 Å². The van der Waals surface area contributed by atoms with E-state index in [1.165, 1.54) is 18.4 Å². The summed E-state index contributed by atoms with van der Waals surface area (Å²) in [7, 11) is 0. The number of pyridine rings is 1. The Morgan fingerprint density at radius 3 is 2.61 bits per heavy atom. The number of aryl methyl sites for hydroxylation is 1. The first-order valence-electron chi connectivity index (χ1n) is 9.78. The minimum atomic E-state index is -0.0813. The third kappa shape index (κ3) is 4.18. The maximum absolute atomic E-state index is 13.0. The predicted octanol–water partition coefficient (Wildman–Crippen LogP) is 4.69. The molecule has 0 bridgehead atoms. The molecule has 4 rings (SSSR count).